The van der Waals surface area contributed by atoms with Gasteiger partial charge in [0.1, 0.15) is 0 Å². The highest BCUT2D eigenvalue weighted by Crippen LogP contribution is 2.65. The molecule has 3 saturated carbocycles. The van der Waals surface area contributed by atoms with Crippen LogP contribution in [0.2, 0.25) is 0 Å². The highest BCUT2D eigenvalue weighted by atomic mass is 35.5. The van der Waals surface area contributed by atoms with E-state index >= 15 is 0 Å². The van der Waals surface area contributed by atoms with E-state index in [4.69, 9.17) is 4.74 Å². The van der Waals surface area contributed by atoms with Gasteiger partial charge in [0.05, 0.1) is 10.9 Å². The van der Waals surface area contributed by atoms with Crippen LogP contribution in [0.25, 0.3) is 0 Å². The largest absolute Gasteiger partial charge is 0.378 e. The SMILES string of the molecule is CCC1(c2cccc(NS(=O)(=O)C3CC3)c2)[C@@H]2CN(CCCC3(OC)CCC(F)(F)CC3)C[C@@H]21.Cl. The zero-order valence-electron chi connectivity index (χ0n) is 20.8. The van der Waals surface area contributed by atoms with Crippen molar-refractivity contribution < 1.29 is 21.9 Å². The van der Waals surface area contributed by atoms with Gasteiger partial charge in [0.15, 0.2) is 0 Å². The number of alkyl halides is 2. The van der Waals surface area contributed by atoms with Crippen molar-refractivity contribution >= 4 is 28.1 Å². The van der Waals surface area contributed by atoms with E-state index in [0.29, 0.717) is 30.4 Å². The second kappa shape index (κ2) is 9.73. The third kappa shape index (κ3) is 5.23. The zero-order valence-corrected chi connectivity index (χ0v) is 22.4. The Morgan fingerprint density at radius 1 is 1.11 bits per heavy atom. The summed E-state index contributed by atoms with van der Waals surface area (Å²) in [7, 11) is -1.59. The molecular weight excluding hydrogens is 494 g/mol. The molecule has 1 unspecified atom stereocenters. The maximum atomic E-state index is 13.6. The molecule has 1 N–H and O–H groups in total. The van der Waals surface area contributed by atoms with E-state index in [1.54, 1.807) is 7.11 Å². The number of sulfonamides is 1. The minimum Gasteiger partial charge on any atom is -0.378 e. The number of benzene rings is 1. The average Bonchev–Trinajstić information content (AvgIpc) is 3.71. The fraction of sp³-hybridized carbons (Fsp3) is 0.769. The third-order valence-corrected chi connectivity index (χ3v) is 11.1. The summed E-state index contributed by atoms with van der Waals surface area (Å²) in [5.41, 5.74) is 1.69. The van der Waals surface area contributed by atoms with Crippen molar-refractivity contribution in [2.45, 2.75) is 86.9 Å². The predicted molar refractivity (Wildman–Crippen MR) is 137 cm³/mol. The number of methoxy groups -OCH3 is 1. The Bertz CT molecular complexity index is 996. The molecule has 0 radical (unpaired) electrons. The van der Waals surface area contributed by atoms with Crippen LogP contribution in [0.4, 0.5) is 14.5 Å². The number of anilines is 1. The zero-order chi connectivity index (χ0) is 24.2. The van der Waals surface area contributed by atoms with Gasteiger partial charge in [-0.1, -0.05) is 19.1 Å². The van der Waals surface area contributed by atoms with E-state index in [1.165, 1.54) is 5.56 Å². The van der Waals surface area contributed by atoms with Crippen molar-refractivity contribution in [1.82, 2.24) is 4.90 Å². The molecule has 4 aliphatic rings. The lowest BCUT2D eigenvalue weighted by Crippen LogP contribution is -2.41. The van der Waals surface area contributed by atoms with Crippen LogP contribution in [0.15, 0.2) is 24.3 Å². The summed E-state index contributed by atoms with van der Waals surface area (Å²) >= 11 is 0. The Kier molecular flexibility index (Phi) is 7.53. The van der Waals surface area contributed by atoms with Gasteiger partial charge < -0.3 is 9.64 Å². The first-order chi connectivity index (χ1) is 16.1. The van der Waals surface area contributed by atoms with Crippen molar-refractivity contribution in [2.75, 3.05) is 31.5 Å². The molecule has 3 aliphatic carbocycles. The molecule has 1 aromatic rings. The van der Waals surface area contributed by atoms with Gasteiger partial charge in [-0.3, -0.25) is 4.72 Å². The van der Waals surface area contributed by atoms with Crippen molar-refractivity contribution in [2.24, 2.45) is 11.8 Å². The molecule has 1 aliphatic heterocycles. The van der Waals surface area contributed by atoms with Crippen molar-refractivity contribution in [3.05, 3.63) is 29.8 Å². The molecule has 3 atom stereocenters. The molecule has 1 heterocycles. The standard InChI is InChI=1S/C26H38F2N2O3S.ClH/c1-3-26(19-6-4-7-20(16-19)29-34(31,32)21-8-9-21)22-17-30(18-23(22)26)15-5-10-24(33-2)11-13-25(27,28)14-12-24;/h4,6-7,16,21-23,29H,3,5,8-15,17-18H2,1-2H3;1H/t22-,23+,26?;. The van der Waals surface area contributed by atoms with Crippen LogP contribution in [0.5, 0.6) is 0 Å². The normalized spacial score (nSPS) is 31.4. The van der Waals surface area contributed by atoms with Crippen LogP contribution in [0, 0.1) is 11.8 Å². The van der Waals surface area contributed by atoms with Crippen molar-refractivity contribution in [3.63, 3.8) is 0 Å². The first kappa shape index (κ1) is 27.1. The lowest BCUT2D eigenvalue weighted by Gasteiger charge is -2.39. The number of halogens is 3. The van der Waals surface area contributed by atoms with Gasteiger partial charge in [-0.05, 0) is 81.0 Å². The van der Waals surface area contributed by atoms with E-state index < -0.39 is 15.9 Å². The molecule has 5 rings (SSSR count). The molecule has 0 bridgehead atoms. The fourth-order valence-electron chi connectivity index (χ4n) is 6.91. The smallest absolute Gasteiger partial charge is 0.248 e. The van der Waals surface area contributed by atoms with Crippen LogP contribution in [-0.4, -0.2) is 56.8 Å². The van der Waals surface area contributed by atoms with Gasteiger partial charge in [-0.25, -0.2) is 17.2 Å². The summed E-state index contributed by atoms with van der Waals surface area (Å²) < 4.78 is 60.5. The molecule has 35 heavy (non-hydrogen) atoms. The molecule has 198 valence electrons. The Morgan fingerprint density at radius 3 is 2.34 bits per heavy atom. The summed E-state index contributed by atoms with van der Waals surface area (Å²) in [6, 6.07) is 8.03. The molecular formula is C26H39ClF2N2O3S. The second-order valence-corrected chi connectivity index (χ2v) is 13.1. The van der Waals surface area contributed by atoms with E-state index in [9.17, 15) is 17.2 Å². The number of fused-ring (bicyclic) bond motifs is 1. The first-order valence-electron chi connectivity index (χ1n) is 12.9. The monoisotopic (exact) mass is 532 g/mol. The van der Waals surface area contributed by atoms with Crippen molar-refractivity contribution in [3.8, 4) is 0 Å². The molecule has 5 nitrogen and oxygen atoms in total. The first-order valence-corrected chi connectivity index (χ1v) is 14.5. The summed E-state index contributed by atoms with van der Waals surface area (Å²) in [4.78, 5) is 2.52. The van der Waals surface area contributed by atoms with Gasteiger partial charge in [0.25, 0.3) is 0 Å². The van der Waals surface area contributed by atoms with Gasteiger partial charge >= 0.3 is 0 Å². The fourth-order valence-corrected chi connectivity index (χ4v) is 8.28. The molecule has 0 spiro atoms. The number of nitrogens with one attached hydrogen (secondary N) is 1. The molecule has 4 fully saturated rings. The van der Waals surface area contributed by atoms with Gasteiger partial charge in [0, 0.05) is 44.1 Å². The van der Waals surface area contributed by atoms with E-state index in [2.05, 4.69) is 22.6 Å². The summed E-state index contributed by atoms with van der Waals surface area (Å²) in [6.07, 6.45) is 5.13. The minimum absolute atomic E-state index is 0. The number of ether oxygens (including phenoxy) is 1. The number of hydrogen-bond donors (Lipinski definition) is 1. The van der Waals surface area contributed by atoms with Crippen LogP contribution >= 0.6 is 12.4 Å². The molecule has 1 aromatic carbocycles. The second-order valence-electron chi connectivity index (χ2n) is 11.1. The van der Waals surface area contributed by atoms with Crippen LogP contribution in [-0.2, 0) is 20.2 Å². The van der Waals surface area contributed by atoms with E-state index in [1.807, 2.05) is 18.2 Å². The highest BCUT2D eigenvalue weighted by Gasteiger charge is 2.67. The molecule has 0 amide bonds. The Labute approximate surface area is 214 Å². The number of piperidine rings is 1. The third-order valence-electron chi connectivity index (χ3n) is 9.25. The topological polar surface area (TPSA) is 58.6 Å². The summed E-state index contributed by atoms with van der Waals surface area (Å²) in [6.45, 7) is 5.32. The van der Waals surface area contributed by atoms with Crippen molar-refractivity contribution in [1.29, 1.82) is 0 Å². The number of hydrogen-bond acceptors (Lipinski definition) is 4. The minimum atomic E-state index is -3.26. The average molecular weight is 533 g/mol. The van der Waals surface area contributed by atoms with Gasteiger partial charge in [-0.2, -0.15) is 0 Å². The van der Waals surface area contributed by atoms with Crippen LogP contribution in [0.3, 0.4) is 0 Å². The van der Waals surface area contributed by atoms with Gasteiger partial charge in [-0.15, -0.1) is 12.4 Å². The molecule has 9 heteroatoms. The summed E-state index contributed by atoms with van der Waals surface area (Å²) in [5, 5.41) is -0.229. The maximum absolute atomic E-state index is 13.6. The van der Waals surface area contributed by atoms with E-state index in [-0.39, 0.29) is 41.5 Å². The number of likely N-dealkylation sites (tertiary alicyclic amines) is 1. The lowest BCUT2D eigenvalue weighted by atomic mass is 9.79. The van der Waals surface area contributed by atoms with Crippen LogP contribution in [0.1, 0.15) is 70.3 Å². The Balaban J connectivity index is 0.00000289. The van der Waals surface area contributed by atoms with E-state index in [0.717, 1.165) is 51.7 Å². The lowest BCUT2D eigenvalue weighted by molar-refractivity contribution is -0.122. The number of nitrogens with zero attached hydrogens (tertiary/aromatic N) is 1. The Morgan fingerprint density at radius 2 is 1.77 bits per heavy atom. The number of rotatable bonds is 10. The Hall–Kier alpha value is -0.960. The maximum Gasteiger partial charge on any atom is 0.248 e. The molecule has 0 aromatic heterocycles. The predicted octanol–water partition coefficient (Wildman–Crippen LogP) is 5.60. The quantitative estimate of drug-likeness (QED) is 0.426. The van der Waals surface area contributed by atoms with Gasteiger partial charge in [0.2, 0.25) is 15.9 Å². The summed E-state index contributed by atoms with van der Waals surface area (Å²) in [5.74, 6) is -1.34. The van der Waals surface area contributed by atoms with Crippen LogP contribution < -0.4 is 4.72 Å². The molecule has 1 saturated heterocycles. The highest BCUT2D eigenvalue weighted by molar-refractivity contribution is 7.93.